The van der Waals surface area contributed by atoms with E-state index < -0.39 is 17.9 Å². The quantitative estimate of drug-likeness (QED) is 0.668. The molecule has 1 unspecified atom stereocenters. The zero-order chi connectivity index (χ0) is 11.4. The van der Waals surface area contributed by atoms with Gasteiger partial charge < -0.3 is 10.4 Å². The first kappa shape index (κ1) is 11.2. The van der Waals surface area contributed by atoms with Crippen molar-refractivity contribution in [2.45, 2.75) is 26.3 Å². The molecule has 1 aromatic rings. The average molecular weight is 211 g/mol. The number of rotatable bonds is 4. The van der Waals surface area contributed by atoms with Crippen LogP contribution in [0.2, 0.25) is 0 Å². The Morgan fingerprint density at radius 3 is 2.73 bits per heavy atom. The predicted molar refractivity (Wildman–Crippen MR) is 52.5 cm³/mol. The molecule has 0 fully saturated rings. The molecule has 15 heavy (non-hydrogen) atoms. The summed E-state index contributed by atoms with van der Waals surface area (Å²) in [6, 6.07) is -0.861. The van der Waals surface area contributed by atoms with Crippen LogP contribution in [0.25, 0.3) is 0 Å². The van der Waals surface area contributed by atoms with Crippen molar-refractivity contribution >= 4 is 11.9 Å². The van der Waals surface area contributed by atoms with Crippen LogP contribution in [-0.4, -0.2) is 33.2 Å². The van der Waals surface area contributed by atoms with Crippen molar-refractivity contribution in [1.82, 2.24) is 15.5 Å². The van der Waals surface area contributed by atoms with Crippen LogP contribution < -0.4 is 5.32 Å². The van der Waals surface area contributed by atoms with E-state index in [9.17, 15) is 9.59 Å². The maximum Gasteiger partial charge on any atom is 0.326 e. The number of hydrogen-bond donors (Lipinski definition) is 3. The fraction of sp³-hybridized carbons (Fsp3) is 0.444. The Labute approximate surface area is 86.7 Å². The molecule has 0 radical (unpaired) electrons. The first-order chi connectivity index (χ1) is 7.06. The van der Waals surface area contributed by atoms with Crippen LogP contribution in [0.15, 0.2) is 6.20 Å². The van der Waals surface area contributed by atoms with Crippen LogP contribution in [0.4, 0.5) is 0 Å². The number of nitrogens with zero attached hydrogens (tertiary/aromatic N) is 1. The molecule has 1 aromatic heterocycles. The molecule has 0 bridgehead atoms. The number of nitrogens with one attached hydrogen (secondary N) is 2. The normalized spacial score (nSPS) is 12.1. The summed E-state index contributed by atoms with van der Waals surface area (Å²) in [4.78, 5) is 22.2. The topological polar surface area (TPSA) is 95.1 Å². The maximum absolute atomic E-state index is 11.6. The minimum atomic E-state index is -1.04. The van der Waals surface area contributed by atoms with Crippen LogP contribution in [0.5, 0.6) is 0 Å². The third-order valence-electron chi connectivity index (χ3n) is 2.07. The largest absolute Gasteiger partial charge is 0.480 e. The Morgan fingerprint density at radius 1 is 1.67 bits per heavy atom. The van der Waals surface area contributed by atoms with E-state index in [0.717, 1.165) is 0 Å². The van der Waals surface area contributed by atoms with E-state index in [1.54, 1.807) is 13.8 Å². The van der Waals surface area contributed by atoms with Crippen molar-refractivity contribution in [3.8, 4) is 0 Å². The lowest BCUT2D eigenvalue weighted by atomic mass is 10.2. The van der Waals surface area contributed by atoms with Crippen LogP contribution in [0.1, 0.15) is 29.4 Å². The van der Waals surface area contributed by atoms with Gasteiger partial charge in [0.15, 0.2) is 0 Å². The highest BCUT2D eigenvalue weighted by atomic mass is 16.4. The summed E-state index contributed by atoms with van der Waals surface area (Å²) in [5.74, 6) is -1.48. The first-order valence-corrected chi connectivity index (χ1v) is 4.60. The van der Waals surface area contributed by atoms with Crippen LogP contribution in [0, 0.1) is 6.92 Å². The number of amides is 1. The molecule has 0 aliphatic carbocycles. The highest BCUT2D eigenvalue weighted by Crippen LogP contribution is 2.02. The second kappa shape index (κ2) is 4.59. The fourth-order valence-electron chi connectivity index (χ4n) is 1.15. The fourth-order valence-corrected chi connectivity index (χ4v) is 1.15. The summed E-state index contributed by atoms with van der Waals surface area (Å²) in [6.07, 6.45) is 1.85. The molecule has 6 nitrogen and oxygen atoms in total. The number of carboxylic acids is 1. The second-order valence-electron chi connectivity index (χ2n) is 3.20. The van der Waals surface area contributed by atoms with Gasteiger partial charge in [0, 0.05) is 0 Å². The summed E-state index contributed by atoms with van der Waals surface area (Å²) in [5.41, 5.74) is 0.988. The van der Waals surface area contributed by atoms with Crippen molar-refractivity contribution in [2.75, 3.05) is 0 Å². The maximum atomic E-state index is 11.6. The van der Waals surface area contributed by atoms with Gasteiger partial charge in [0.05, 0.1) is 6.20 Å². The van der Waals surface area contributed by atoms with Crippen molar-refractivity contribution in [1.29, 1.82) is 0 Å². The Morgan fingerprint density at radius 2 is 2.33 bits per heavy atom. The van der Waals surface area contributed by atoms with Gasteiger partial charge in [0.25, 0.3) is 5.91 Å². The summed E-state index contributed by atoms with van der Waals surface area (Å²) >= 11 is 0. The first-order valence-electron chi connectivity index (χ1n) is 4.60. The molecule has 0 saturated carbocycles. The van der Waals surface area contributed by atoms with Gasteiger partial charge in [-0.25, -0.2) is 4.79 Å². The van der Waals surface area contributed by atoms with E-state index in [0.29, 0.717) is 17.7 Å². The molecule has 1 atom stereocenters. The number of hydrogen-bond acceptors (Lipinski definition) is 3. The lowest BCUT2D eigenvalue weighted by Gasteiger charge is -2.11. The summed E-state index contributed by atoms with van der Waals surface area (Å²) < 4.78 is 0. The summed E-state index contributed by atoms with van der Waals surface area (Å²) in [7, 11) is 0. The van der Waals surface area contributed by atoms with E-state index in [2.05, 4.69) is 15.5 Å². The van der Waals surface area contributed by atoms with Crippen LogP contribution in [0.3, 0.4) is 0 Å². The van der Waals surface area contributed by atoms with Gasteiger partial charge in [-0.05, 0) is 18.9 Å². The zero-order valence-electron chi connectivity index (χ0n) is 8.57. The zero-order valence-corrected chi connectivity index (χ0v) is 8.57. The lowest BCUT2D eigenvalue weighted by molar-refractivity contribution is -0.139. The van der Waals surface area contributed by atoms with E-state index >= 15 is 0 Å². The Bertz CT molecular complexity index is 372. The molecular formula is C9H13N3O3. The van der Waals surface area contributed by atoms with Gasteiger partial charge in [-0.15, -0.1) is 0 Å². The Kier molecular flexibility index (Phi) is 3.43. The van der Waals surface area contributed by atoms with Crippen molar-refractivity contribution in [3.63, 3.8) is 0 Å². The third-order valence-corrected chi connectivity index (χ3v) is 2.07. The van der Waals surface area contributed by atoms with Gasteiger partial charge in [-0.2, -0.15) is 5.10 Å². The van der Waals surface area contributed by atoms with E-state index in [1.165, 1.54) is 6.20 Å². The monoisotopic (exact) mass is 211 g/mol. The standard InChI is InChI=1S/C9H13N3O3/c1-3-6(9(14)15)11-8(13)7-5(2)4-10-12-7/h4,6H,3H2,1-2H3,(H,10,12)(H,11,13)(H,14,15). The highest BCUT2D eigenvalue weighted by Gasteiger charge is 2.20. The highest BCUT2D eigenvalue weighted by molar-refractivity contribution is 5.95. The molecule has 0 aromatic carbocycles. The molecule has 0 aliphatic rings. The van der Waals surface area contributed by atoms with Gasteiger partial charge in [-0.1, -0.05) is 6.92 Å². The predicted octanol–water partition coefficient (Wildman–Crippen LogP) is 0.311. The second-order valence-corrected chi connectivity index (χ2v) is 3.20. The number of aromatic nitrogens is 2. The molecule has 3 N–H and O–H groups in total. The molecular weight excluding hydrogens is 198 g/mol. The molecule has 1 rings (SSSR count). The third kappa shape index (κ3) is 2.55. The molecule has 82 valence electrons. The number of carbonyl (C=O) groups excluding carboxylic acids is 1. The number of aromatic amines is 1. The average Bonchev–Trinajstić information content (AvgIpc) is 2.60. The van der Waals surface area contributed by atoms with E-state index in [4.69, 9.17) is 5.11 Å². The van der Waals surface area contributed by atoms with E-state index in [-0.39, 0.29) is 0 Å². The van der Waals surface area contributed by atoms with Crippen LogP contribution >= 0.6 is 0 Å². The number of aliphatic carboxylic acids is 1. The minimum absolute atomic E-state index is 0.301. The molecule has 1 heterocycles. The SMILES string of the molecule is CCC(NC(=O)c1[nH]ncc1C)C(=O)O. The number of H-pyrrole nitrogens is 1. The summed E-state index contributed by atoms with van der Waals surface area (Å²) in [5, 5.41) is 17.4. The molecule has 0 aliphatic heterocycles. The van der Waals surface area contributed by atoms with E-state index in [1.807, 2.05) is 0 Å². The Balaban J connectivity index is 2.71. The van der Waals surface area contributed by atoms with Gasteiger partial charge in [0.1, 0.15) is 11.7 Å². The molecule has 6 heteroatoms. The van der Waals surface area contributed by atoms with Gasteiger partial charge in [0.2, 0.25) is 0 Å². The van der Waals surface area contributed by atoms with Crippen molar-refractivity contribution in [2.24, 2.45) is 0 Å². The van der Waals surface area contributed by atoms with Crippen LogP contribution in [-0.2, 0) is 4.79 Å². The molecule has 0 saturated heterocycles. The molecule has 1 amide bonds. The number of aryl methyl sites for hydroxylation is 1. The number of carbonyl (C=O) groups is 2. The van der Waals surface area contributed by atoms with Gasteiger partial charge >= 0.3 is 5.97 Å². The number of carboxylic acid groups (broad SMARTS) is 1. The smallest absolute Gasteiger partial charge is 0.326 e. The molecule has 0 spiro atoms. The summed E-state index contributed by atoms with van der Waals surface area (Å²) in [6.45, 7) is 3.42. The van der Waals surface area contributed by atoms with Gasteiger partial charge in [-0.3, -0.25) is 9.89 Å². The minimum Gasteiger partial charge on any atom is -0.480 e. The Hall–Kier alpha value is -1.85. The van der Waals surface area contributed by atoms with Crippen molar-refractivity contribution in [3.05, 3.63) is 17.5 Å². The lowest BCUT2D eigenvalue weighted by Crippen LogP contribution is -2.40. The van der Waals surface area contributed by atoms with Crippen molar-refractivity contribution < 1.29 is 14.7 Å².